The van der Waals surface area contributed by atoms with E-state index in [1.807, 2.05) is 0 Å². The lowest BCUT2D eigenvalue weighted by molar-refractivity contribution is 0.326. The average Bonchev–Trinajstić information content (AvgIpc) is 2.31. The van der Waals surface area contributed by atoms with Crippen molar-refractivity contribution >= 4 is 9.84 Å². The normalized spacial score (nSPS) is 27.2. The van der Waals surface area contributed by atoms with E-state index in [4.69, 9.17) is 5.11 Å². The molecule has 1 rings (SSSR count). The van der Waals surface area contributed by atoms with Crippen molar-refractivity contribution in [3.05, 3.63) is 12.2 Å². The zero-order valence-electron chi connectivity index (χ0n) is 6.99. The molecule has 1 atom stereocenters. The van der Waals surface area contributed by atoms with Crippen LogP contribution in [0.4, 0.5) is 0 Å². The molecule has 0 spiro atoms. The van der Waals surface area contributed by atoms with Crippen molar-refractivity contribution in [2.45, 2.75) is 24.5 Å². The number of hydrogen-bond donors (Lipinski definition) is 1. The zero-order valence-corrected chi connectivity index (χ0v) is 7.81. The highest BCUT2D eigenvalue weighted by Crippen LogP contribution is 2.24. The van der Waals surface area contributed by atoms with E-state index in [2.05, 4.69) is 6.58 Å². The highest BCUT2D eigenvalue weighted by atomic mass is 32.2. The topological polar surface area (TPSA) is 54.4 Å². The summed E-state index contributed by atoms with van der Waals surface area (Å²) in [6.45, 7) is 3.48. The SMILES string of the molecule is C=C(CO)CC1CCCS1(=O)=O. The third-order valence-corrected chi connectivity index (χ3v) is 4.48. The van der Waals surface area contributed by atoms with Gasteiger partial charge in [0.15, 0.2) is 9.84 Å². The molecule has 1 heterocycles. The van der Waals surface area contributed by atoms with Crippen LogP contribution in [0.3, 0.4) is 0 Å². The van der Waals surface area contributed by atoms with E-state index in [1.165, 1.54) is 0 Å². The van der Waals surface area contributed by atoms with Gasteiger partial charge in [-0.1, -0.05) is 12.2 Å². The first kappa shape index (κ1) is 9.74. The maximum atomic E-state index is 11.3. The Labute approximate surface area is 73.0 Å². The van der Waals surface area contributed by atoms with E-state index in [9.17, 15) is 8.42 Å². The molecular weight excluding hydrogens is 176 g/mol. The molecule has 1 fully saturated rings. The Kier molecular flexibility index (Phi) is 2.90. The van der Waals surface area contributed by atoms with Crippen molar-refractivity contribution in [1.29, 1.82) is 0 Å². The van der Waals surface area contributed by atoms with Gasteiger partial charge in [-0.3, -0.25) is 0 Å². The van der Waals surface area contributed by atoms with Gasteiger partial charge in [0.05, 0.1) is 17.6 Å². The monoisotopic (exact) mass is 190 g/mol. The maximum Gasteiger partial charge on any atom is 0.153 e. The summed E-state index contributed by atoms with van der Waals surface area (Å²) in [7, 11) is -2.86. The average molecular weight is 190 g/mol. The van der Waals surface area contributed by atoms with Crippen LogP contribution in [-0.2, 0) is 9.84 Å². The smallest absolute Gasteiger partial charge is 0.153 e. The molecule has 0 aliphatic carbocycles. The highest BCUT2D eigenvalue weighted by molar-refractivity contribution is 7.92. The van der Waals surface area contributed by atoms with Gasteiger partial charge in [0, 0.05) is 0 Å². The lowest BCUT2D eigenvalue weighted by Crippen LogP contribution is -2.16. The molecule has 0 aromatic carbocycles. The molecule has 70 valence electrons. The molecule has 1 N–H and O–H groups in total. The van der Waals surface area contributed by atoms with Gasteiger partial charge in [-0.2, -0.15) is 0 Å². The lowest BCUT2D eigenvalue weighted by Gasteiger charge is -2.08. The fourth-order valence-corrected chi connectivity index (χ4v) is 3.39. The van der Waals surface area contributed by atoms with Crippen molar-refractivity contribution in [1.82, 2.24) is 0 Å². The van der Waals surface area contributed by atoms with Crippen LogP contribution >= 0.6 is 0 Å². The summed E-state index contributed by atoms with van der Waals surface area (Å²) < 4.78 is 22.6. The van der Waals surface area contributed by atoms with Gasteiger partial charge in [0.1, 0.15) is 0 Å². The van der Waals surface area contributed by atoms with Crippen molar-refractivity contribution in [3.8, 4) is 0 Å². The second kappa shape index (κ2) is 3.58. The van der Waals surface area contributed by atoms with Crippen LogP contribution in [0.25, 0.3) is 0 Å². The molecule has 0 bridgehead atoms. The zero-order chi connectivity index (χ0) is 9.19. The Morgan fingerprint density at radius 1 is 1.58 bits per heavy atom. The van der Waals surface area contributed by atoms with Crippen LogP contribution in [0.5, 0.6) is 0 Å². The molecule has 3 nitrogen and oxygen atoms in total. The predicted octanol–water partition coefficient (Wildman–Crippen LogP) is 0.502. The first-order chi connectivity index (χ1) is 5.56. The third kappa shape index (κ3) is 2.08. The number of rotatable bonds is 3. The van der Waals surface area contributed by atoms with E-state index in [-0.39, 0.29) is 11.9 Å². The summed E-state index contributed by atoms with van der Waals surface area (Å²) >= 11 is 0. The second-order valence-electron chi connectivity index (χ2n) is 3.24. The van der Waals surface area contributed by atoms with Crippen LogP contribution in [0.1, 0.15) is 19.3 Å². The van der Waals surface area contributed by atoms with Crippen molar-refractivity contribution in [3.63, 3.8) is 0 Å². The fourth-order valence-electron chi connectivity index (χ4n) is 1.47. The standard InChI is InChI=1S/C8H14O3S/c1-7(6-9)5-8-3-2-4-12(8,10)11/h8-9H,1-6H2. The molecule has 0 aromatic rings. The molecule has 0 saturated carbocycles. The first-order valence-corrected chi connectivity index (χ1v) is 5.77. The Morgan fingerprint density at radius 3 is 2.67 bits per heavy atom. The first-order valence-electron chi connectivity index (χ1n) is 4.05. The predicted molar refractivity (Wildman–Crippen MR) is 47.7 cm³/mol. The molecule has 4 heteroatoms. The Bertz CT molecular complexity index is 266. The summed E-state index contributed by atoms with van der Waals surface area (Å²) in [4.78, 5) is 0. The summed E-state index contributed by atoms with van der Waals surface area (Å²) in [5, 5.41) is 8.39. The molecule has 0 aromatic heterocycles. The second-order valence-corrected chi connectivity index (χ2v) is 5.64. The van der Waals surface area contributed by atoms with Crippen molar-refractivity contribution in [2.75, 3.05) is 12.4 Å². The van der Waals surface area contributed by atoms with E-state index in [0.29, 0.717) is 17.7 Å². The Morgan fingerprint density at radius 2 is 2.25 bits per heavy atom. The lowest BCUT2D eigenvalue weighted by atomic mass is 10.1. The van der Waals surface area contributed by atoms with Crippen LogP contribution in [0, 0.1) is 0 Å². The summed E-state index contributed by atoms with van der Waals surface area (Å²) in [5.74, 6) is 0.302. The molecular formula is C8H14O3S. The summed E-state index contributed by atoms with van der Waals surface area (Å²) in [6, 6.07) is 0. The number of aliphatic hydroxyl groups is 1. The van der Waals surface area contributed by atoms with E-state index < -0.39 is 9.84 Å². The Balaban J connectivity index is 2.59. The summed E-state index contributed by atoms with van der Waals surface area (Å²) in [6.07, 6.45) is 1.91. The maximum absolute atomic E-state index is 11.3. The van der Waals surface area contributed by atoms with Gasteiger partial charge < -0.3 is 5.11 Å². The van der Waals surface area contributed by atoms with Crippen LogP contribution < -0.4 is 0 Å². The number of hydrogen-bond acceptors (Lipinski definition) is 3. The Hall–Kier alpha value is -0.350. The number of aliphatic hydroxyl groups excluding tert-OH is 1. The minimum absolute atomic E-state index is 0.105. The molecule has 0 radical (unpaired) electrons. The van der Waals surface area contributed by atoms with E-state index >= 15 is 0 Å². The summed E-state index contributed by atoms with van der Waals surface area (Å²) in [5.41, 5.74) is 0.616. The molecule has 1 aliphatic heterocycles. The van der Waals surface area contributed by atoms with Crippen LogP contribution in [0.2, 0.25) is 0 Å². The molecule has 1 aliphatic rings. The number of sulfone groups is 1. The minimum atomic E-state index is -2.86. The van der Waals surface area contributed by atoms with Crippen molar-refractivity contribution in [2.24, 2.45) is 0 Å². The third-order valence-electron chi connectivity index (χ3n) is 2.20. The van der Waals surface area contributed by atoms with Gasteiger partial charge in [-0.25, -0.2) is 8.42 Å². The highest BCUT2D eigenvalue weighted by Gasteiger charge is 2.31. The largest absolute Gasteiger partial charge is 0.392 e. The molecule has 1 unspecified atom stereocenters. The van der Waals surface area contributed by atoms with Gasteiger partial charge in [-0.15, -0.1) is 0 Å². The van der Waals surface area contributed by atoms with Gasteiger partial charge in [0.2, 0.25) is 0 Å². The fraction of sp³-hybridized carbons (Fsp3) is 0.750. The minimum Gasteiger partial charge on any atom is -0.392 e. The van der Waals surface area contributed by atoms with E-state index in [1.54, 1.807) is 0 Å². The van der Waals surface area contributed by atoms with Gasteiger partial charge in [0.25, 0.3) is 0 Å². The van der Waals surface area contributed by atoms with Gasteiger partial charge in [-0.05, 0) is 19.3 Å². The van der Waals surface area contributed by atoms with Crippen LogP contribution in [-0.4, -0.2) is 31.1 Å². The van der Waals surface area contributed by atoms with Gasteiger partial charge >= 0.3 is 0 Å². The molecule has 12 heavy (non-hydrogen) atoms. The molecule has 1 saturated heterocycles. The van der Waals surface area contributed by atoms with Crippen LogP contribution in [0.15, 0.2) is 12.2 Å². The quantitative estimate of drug-likeness (QED) is 0.659. The van der Waals surface area contributed by atoms with Crippen molar-refractivity contribution < 1.29 is 13.5 Å². The molecule has 0 amide bonds. The van der Waals surface area contributed by atoms with E-state index in [0.717, 1.165) is 12.8 Å².